The maximum atomic E-state index is 13.3. The molecule has 0 aromatic heterocycles. The van der Waals surface area contributed by atoms with E-state index in [2.05, 4.69) is 0 Å². The van der Waals surface area contributed by atoms with E-state index in [1.54, 1.807) is 0 Å². The number of aliphatic hydroxyl groups is 3. The van der Waals surface area contributed by atoms with Crippen LogP contribution in [0.25, 0.3) is 12.2 Å². The Morgan fingerprint density at radius 2 is 1.24 bits per heavy atom. The lowest BCUT2D eigenvalue weighted by Crippen LogP contribution is -2.64. The van der Waals surface area contributed by atoms with Crippen molar-refractivity contribution in [1.29, 1.82) is 0 Å². The van der Waals surface area contributed by atoms with Crippen molar-refractivity contribution in [2.45, 2.75) is 75.6 Å². The summed E-state index contributed by atoms with van der Waals surface area (Å²) in [4.78, 5) is 61.8. The van der Waals surface area contributed by atoms with Crippen LogP contribution in [0.2, 0.25) is 0 Å². The molecular formula is C38H44O20. The molecule has 20 heteroatoms. The Morgan fingerprint density at radius 1 is 0.707 bits per heavy atom. The molecule has 9 unspecified atom stereocenters. The number of carbonyl (C=O) groups is 5. The van der Waals surface area contributed by atoms with Crippen LogP contribution in [0.3, 0.4) is 0 Å². The van der Waals surface area contributed by atoms with Gasteiger partial charge in [0.25, 0.3) is 0 Å². The fraction of sp³-hybridized carbons (Fsp3) is 0.447. The monoisotopic (exact) mass is 820 g/mol. The highest BCUT2D eigenvalue weighted by molar-refractivity contribution is 5.88. The van der Waals surface area contributed by atoms with Gasteiger partial charge in [-0.25, -0.2) is 9.59 Å². The second-order valence-corrected chi connectivity index (χ2v) is 12.7. The van der Waals surface area contributed by atoms with E-state index in [0.717, 1.165) is 32.9 Å². The highest BCUT2D eigenvalue weighted by atomic mass is 16.8. The van der Waals surface area contributed by atoms with Crippen molar-refractivity contribution in [1.82, 2.24) is 0 Å². The average molecular weight is 821 g/mol. The van der Waals surface area contributed by atoms with E-state index in [0.29, 0.717) is 11.1 Å². The van der Waals surface area contributed by atoms with E-state index in [1.807, 2.05) is 0 Å². The summed E-state index contributed by atoms with van der Waals surface area (Å²) in [5.74, 6) is -7.41. The molecule has 5 N–H and O–H groups in total. The second kappa shape index (κ2) is 20.1. The summed E-state index contributed by atoms with van der Waals surface area (Å²) in [5.41, 5.74) is 0.820. The average Bonchev–Trinajstić information content (AvgIpc) is 3.43. The molecule has 9 atom stereocenters. The maximum Gasteiger partial charge on any atom is 0.331 e. The topological polar surface area (TPSA) is 279 Å². The predicted octanol–water partition coefficient (Wildman–Crippen LogP) is 0.274. The third kappa shape index (κ3) is 11.4. The predicted molar refractivity (Wildman–Crippen MR) is 192 cm³/mol. The van der Waals surface area contributed by atoms with Crippen molar-refractivity contribution in [3.8, 4) is 23.0 Å². The van der Waals surface area contributed by atoms with Gasteiger partial charge < -0.3 is 72.9 Å². The van der Waals surface area contributed by atoms with Crippen molar-refractivity contribution in [2.24, 2.45) is 0 Å². The van der Waals surface area contributed by atoms with E-state index in [4.69, 9.17) is 47.4 Å². The lowest BCUT2D eigenvalue weighted by atomic mass is 9.98. The van der Waals surface area contributed by atoms with Crippen LogP contribution < -0.4 is 9.47 Å². The zero-order chi connectivity index (χ0) is 42.7. The molecule has 0 aliphatic carbocycles. The quantitative estimate of drug-likeness (QED) is 0.0863. The third-order valence-corrected chi connectivity index (χ3v) is 8.55. The van der Waals surface area contributed by atoms with Gasteiger partial charge in [-0.2, -0.15) is 0 Å². The van der Waals surface area contributed by atoms with Gasteiger partial charge in [0.05, 0.1) is 14.2 Å². The molecule has 2 aromatic rings. The summed E-state index contributed by atoms with van der Waals surface area (Å²) >= 11 is 0. The molecule has 2 heterocycles. The Kier molecular flexibility index (Phi) is 15.6. The van der Waals surface area contributed by atoms with Gasteiger partial charge in [0.15, 0.2) is 41.3 Å². The fourth-order valence-corrected chi connectivity index (χ4v) is 5.87. The minimum absolute atomic E-state index is 0.0952. The number of rotatable bonds is 16. The summed E-state index contributed by atoms with van der Waals surface area (Å²) in [6.45, 7) is 0.496. The Hall–Kier alpha value is -5.77. The number of benzene rings is 2. The molecule has 4 rings (SSSR count). The van der Waals surface area contributed by atoms with Gasteiger partial charge in [-0.15, -0.1) is 0 Å². The third-order valence-electron chi connectivity index (χ3n) is 8.55. The first kappa shape index (κ1) is 44.9. The molecule has 0 amide bonds. The fourth-order valence-electron chi connectivity index (χ4n) is 5.87. The zero-order valence-corrected chi connectivity index (χ0v) is 31.9. The minimum atomic E-state index is -2.62. The Labute approximate surface area is 331 Å². The van der Waals surface area contributed by atoms with Crippen LogP contribution in [0.1, 0.15) is 31.9 Å². The van der Waals surface area contributed by atoms with E-state index < -0.39 is 104 Å². The molecule has 2 aliphatic heterocycles. The number of phenolic OH excluding ortho intramolecular Hbond substituents is 2. The zero-order valence-electron chi connectivity index (χ0n) is 31.9. The molecule has 20 nitrogen and oxygen atoms in total. The molecule has 316 valence electrons. The Balaban J connectivity index is 1.65. The molecule has 0 radical (unpaired) electrons. The largest absolute Gasteiger partial charge is 0.504 e. The van der Waals surface area contributed by atoms with E-state index in [-0.39, 0.29) is 23.0 Å². The highest BCUT2D eigenvalue weighted by Gasteiger charge is 2.62. The number of carbonyl (C=O) groups excluding carboxylic acids is 5. The van der Waals surface area contributed by atoms with Crippen LogP contribution in [-0.2, 0) is 61.9 Å². The number of esters is 5. The van der Waals surface area contributed by atoms with Gasteiger partial charge >= 0.3 is 29.8 Å². The summed E-state index contributed by atoms with van der Waals surface area (Å²) < 4.78 is 54.3. The smallest absolute Gasteiger partial charge is 0.331 e. The standard InChI is InChI=1S/C38H44O20/c1-19(40)51-17-29-34(53-20(2)41)33(48)35(54-21(3)42)37(55-29)58-38(18-39)36(56-31(46)13-9-23-7-11-25(44)27(15-23)50-5)32(47)28(57-38)16-52-30(45)12-8-22-6-10-24(43)26(14-22)49-4/h6-15,28-29,32-37,39,43-44,47-48H,16-18H2,1-5H3/b12-8+,13-9+. The van der Waals surface area contributed by atoms with Crippen LogP contribution in [0, 0.1) is 0 Å². The number of phenols is 2. The SMILES string of the molecule is COc1cc(/C=C/C(=O)OCC2OC(CO)(OC3OC(COC(C)=O)C(OC(C)=O)C(O)C3OC(C)=O)C(OC(=O)/C=C/c3ccc(O)c(OC)c3)C2O)ccc1O. The molecule has 2 saturated heterocycles. The first-order valence-corrected chi connectivity index (χ1v) is 17.4. The van der Waals surface area contributed by atoms with Gasteiger partial charge in [-0.05, 0) is 47.5 Å². The summed E-state index contributed by atoms with van der Waals surface area (Å²) in [6.07, 6.45) is -9.72. The van der Waals surface area contributed by atoms with E-state index in [9.17, 15) is 49.5 Å². The van der Waals surface area contributed by atoms with Crippen molar-refractivity contribution >= 4 is 42.0 Å². The number of ether oxygens (including phenoxy) is 10. The first-order valence-electron chi connectivity index (χ1n) is 17.4. The molecule has 58 heavy (non-hydrogen) atoms. The molecule has 0 spiro atoms. The normalized spacial score (nSPS) is 26.8. The van der Waals surface area contributed by atoms with Gasteiger partial charge in [-0.3, -0.25) is 14.4 Å². The van der Waals surface area contributed by atoms with Gasteiger partial charge in [0.1, 0.15) is 44.2 Å². The minimum Gasteiger partial charge on any atom is -0.504 e. The van der Waals surface area contributed by atoms with Gasteiger partial charge in [0.2, 0.25) is 12.1 Å². The number of aliphatic hydroxyl groups excluding tert-OH is 3. The maximum absolute atomic E-state index is 13.3. The Bertz CT molecular complexity index is 1860. The van der Waals surface area contributed by atoms with Gasteiger partial charge in [0, 0.05) is 32.9 Å². The second-order valence-electron chi connectivity index (χ2n) is 12.7. The number of hydrogen-bond acceptors (Lipinski definition) is 20. The molecule has 2 aromatic carbocycles. The first-order chi connectivity index (χ1) is 27.5. The summed E-state index contributed by atoms with van der Waals surface area (Å²) in [6, 6.07) is 8.44. The number of hydrogen-bond donors (Lipinski definition) is 5. The Morgan fingerprint density at radius 3 is 1.76 bits per heavy atom. The molecule has 2 fully saturated rings. The lowest BCUT2D eigenvalue weighted by molar-refractivity contribution is -0.384. The van der Waals surface area contributed by atoms with Gasteiger partial charge in [-0.1, -0.05) is 12.1 Å². The van der Waals surface area contributed by atoms with Crippen LogP contribution in [0.15, 0.2) is 48.6 Å². The van der Waals surface area contributed by atoms with E-state index >= 15 is 0 Å². The molecule has 0 bridgehead atoms. The van der Waals surface area contributed by atoms with Crippen molar-refractivity contribution < 1.29 is 96.9 Å². The number of methoxy groups -OCH3 is 2. The van der Waals surface area contributed by atoms with Crippen LogP contribution in [0.5, 0.6) is 23.0 Å². The lowest BCUT2D eigenvalue weighted by Gasteiger charge is -2.45. The summed E-state index contributed by atoms with van der Waals surface area (Å²) in [5, 5.41) is 53.4. The van der Waals surface area contributed by atoms with Crippen molar-refractivity contribution in [3.63, 3.8) is 0 Å². The molecular weight excluding hydrogens is 776 g/mol. The highest BCUT2D eigenvalue weighted by Crippen LogP contribution is 2.39. The van der Waals surface area contributed by atoms with Crippen molar-refractivity contribution in [3.05, 3.63) is 59.7 Å². The van der Waals surface area contributed by atoms with Crippen LogP contribution >= 0.6 is 0 Å². The summed E-state index contributed by atoms with van der Waals surface area (Å²) in [7, 11) is 2.66. The van der Waals surface area contributed by atoms with Crippen LogP contribution in [-0.4, -0.2) is 144 Å². The number of aromatic hydroxyl groups is 2. The van der Waals surface area contributed by atoms with E-state index in [1.165, 1.54) is 62.8 Å². The molecule has 2 aliphatic rings. The van der Waals surface area contributed by atoms with Crippen molar-refractivity contribution in [2.75, 3.05) is 34.0 Å². The molecule has 0 saturated carbocycles. The van der Waals surface area contributed by atoms with Crippen LogP contribution in [0.4, 0.5) is 0 Å².